The predicted molar refractivity (Wildman–Crippen MR) is 73.9 cm³/mol. The van der Waals surface area contributed by atoms with Crippen LogP contribution in [0.5, 0.6) is 0 Å². The van der Waals surface area contributed by atoms with Crippen LogP contribution in [0, 0.1) is 29.0 Å². The second-order valence-corrected chi connectivity index (χ2v) is 5.91. The normalized spacial score (nSPS) is 28.1. The number of nitrogens with zero attached hydrogens (tertiary/aromatic N) is 2. The van der Waals surface area contributed by atoms with Gasteiger partial charge >= 0.3 is 0 Å². The molecular weight excluding hydrogens is 239 g/mol. The summed E-state index contributed by atoms with van der Waals surface area (Å²) in [7, 11) is 0. The fraction of sp³-hybridized carbons (Fsp3) is 0.562. The quantitative estimate of drug-likeness (QED) is 0.813. The molecule has 102 valence electrons. The third-order valence-corrected chi connectivity index (χ3v) is 4.27. The van der Waals surface area contributed by atoms with Crippen LogP contribution >= 0.6 is 0 Å². The maximum absolute atomic E-state index is 13.8. The highest BCUT2D eigenvalue weighted by molar-refractivity contribution is 5.33. The van der Waals surface area contributed by atoms with Gasteiger partial charge in [-0.1, -0.05) is 13.8 Å². The van der Waals surface area contributed by atoms with Crippen molar-refractivity contribution in [3.63, 3.8) is 0 Å². The second-order valence-electron chi connectivity index (χ2n) is 5.91. The number of nitriles is 1. The van der Waals surface area contributed by atoms with E-state index in [-0.39, 0.29) is 5.82 Å². The van der Waals surface area contributed by atoms with E-state index in [0.717, 1.165) is 6.54 Å². The Kier molecular flexibility index (Phi) is 4.21. The molecule has 19 heavy (non-hydrogen) atoms. The van der Waals surface area contributed by atoms with Crippen LogP contribution in [-0.4, -0.2) is 17.5 Å². The molecule has 0 spiro atoms. The van der Waals surface area contributed by atoms with Crippen molar-refractivity contribution in [2.75, 3.05) is 6.54 Å². The highest BCUT2D eigenvalue weighted by Crippen LogP contribution is 2.28. The van der Waals surface area contributed by atoms with Crippen molar-refractivity contribution >= 4 is 0 Å². The monoisotopic (exact) mass is 260 g/mol. The lowest BCUT2D eigenvalue weighted by molar-refractivity contribution is 0.0720. The number of rotatable bonds is 2. The maximum Gasteiger partial charge on any atom is 0.127 e. The van der Waals surface area contributed by atoms with Gasteiger partial charge in [0.15, 0.2) is 0 Å². The zero-order valence-electron chi connectivity index (χ0n) is 11.9. The molecule has 3 atom stereocenters. The molecule has 2 nitrogen and oxygen atoms in total. The van der Waals surface area contributed by atoms with E-state index in [9.17, 15) is 4.39 Å². The SMILES string of the molecule is CC1CC(C)C(C)N(Cc2cc(C#N)ccc2F)C1. The van der Waals surface area contributed by atoms with E-state index >= 15 is 0 Å². The lowest BCUT2D eigenvalue weighted by Gasteiger charge is -2.41. The van der Waals surface area contributed by atoms with Gasteiger partial charge in [0.05, 0.1) is 11.6 Å². The van der Waals surface area contributed by atoms with Crippen molar-refractivity contribution in [3.05, 3.63) is 35.1 Å². The van der Waals surface area contributed by atoms with Crippen molar-refractivity contribution in [1.82, 2.24) is 4.90 Å². The molecule has 2 rings (SSSR count). The first-order chi connectivity index (χ1) is 9.01. The van der Waals surface area contributed by atoms with Crippen LogP contribution in [0.4, 0.5) is 4.39 Å². The summed E-state index contributed by atoms with van der Waals surface area (Å²) < 4.78 is 13.8. The minimum absolute atomic E-state index is 0.211. The fourth-order valence-corrected chi connectivity index (χ4v) is 3.03. The second kappa shape index (κ2) is 5.71. The minimum atomic E-state index is -0.211. The molecule has 1 aliphatic rings. The number of benzene rings is 1. The molecule has 3 heteroatoms. The van der Waals surface area contributed by atoms with Crippen molar-refractivity contribution in [2.45, 2.75) is 39.8 Å². The first-order valence-corrected chi connectivity index (χ1v) is 6.93. The highest BCUT2D eigenvalue weighted by Gasteiger charge is 2.29. The van der Waals surface area contributed by atoms with Crippen LogP contribution in [0.1, 0.15) is 38.3 Å². The molecule has 0 N–H and O–H groups in total. The van der Waals surface area contributed by atoms with E-state index in [4.69, 9.17) is 5.26 Å². The van der Waals surface area contributed by atoms with E-state index in [0.29, 0.717) is 35.5 Å². The third kappa shape index (κ3) is 3.13. The molecule has 1 aromatic carbocycles. The van der Waals surface area contributed by atoms with Crippen LogP contribution < -0.4 is 0 Å². The molecule has 3 unspecified atom stereocenters. The first kappa shape index (κ1) is 14.0. The molecule has 0 amide bonds. The molecule has 0 aromatic heterocycles. The average Bonchev–Trinajstić information content (AvgIpc) is 2.38. The third-order valence-electron chi connectivity index (χ3n) is 4.27. The largest absolute Gasteiger partial charge is 0.296 e. The number of hydrogen-bond acceptors (Lipinski definition) is 2. The van der Waals surface area contributed by atoms with Gasteiger partial charge in [-0.25, -0.2) is 4.39 Å². The fourth-order valence-electron chi connectivity index (χ4n) is 3.03. The number of likely N-dealkylation sites (tertiary alicyclic amines) is 1. The van der Waals surface area contributed by atoms with E-state index in [1.54, 1.807) is 6.07 Å². The van der Waals surface area contributed by atoms with Crippen LogP contribution in [0.15, 0.2) is 18.2 Å². The summed E-state index contributed by atoms with van der Waals surface area (Å²) in [4.78, 5) is 2.33. The van der Waals surface area contributed by atoms with Crippen LogP contribution in [0.25, 0.3) is 0 Å². The van der Waals surface area contributed by atoms with Crippen molar-refractivity contribution in [1.29, 1.82) is 5.26 Å². The van der Waals surface area contributed by atoms with Crippen LogP contribution in [0.3, 0.4) is 0 Å². The molecule has 1 aliphatic heterocycles. The Bertz CT molecular complexity index is 492. The Labute approximate surface area is 114 Å². The molecule has 0 radical (unpaired) electrons. The summed E-state index contributed by atoms with van der Waals surface area (Å²) in [5.41, 5.74) is 1.16. The Morgan fingerprint density at radius 1 is 1.37 bits per heavy atom. The van der Waals surface area contributed by atoms with Gasteiger partial charge in [-0.2, -0.15) is 5.26 Å². The summed E-state index contributed by atoms with van der Waals surface area (Å²) in [6.45, 7) is 8.31. The zero-order chi connectivity index (χ0) is 14.0. The summed E-state index contributed by atoms with van der Waals surface area (Å²) in [5.74, 6) is 1.07. The Balaban J connectivity index is 2.18. The zero-order valence-corrected chi connectivity index (χ0v) is 11.9. The standard InChI is InChI=1S/C16H21FN2/c1-11-6-12(2)13(3)19(9-11)10-15-7-14(8-18)4-5-16(15)17/h4-5,7,11-13H,6,9-10H2,1-3H3. The lowest BCUT2D eigenvalue weighted by atomic mass is 9.85. The summed E-state index contributed by atoms with van der Waals surface area (Å²) in [5, 5.41) is 8.91. The molecule has 0 aliphatic carbocycles. The summed E-state index contributed by atoms with van der Waals surface area (Å²) >= 11 is 0. The van der Waals surface area contributed by atoms with Gasteiger partial charge in [0.1, 0.15) is 5.82 Å². The van der Waals surface area contributed by atoms with Crippen LogP contribution in [-0.2, 0) is 6.54 Å². The molecule has 1 fully saturated rings. The van der Waals surface area contributed by atoms with Gasteiger partial charge in [-0.05, 0) is 43.4 Å². The van der Waals surface area contributed by atoms with Gasteiger partial charge in [0.2, 0.25) is 0 Å². The predicted octanol–water partition coefficient (Wildman–Crippen LogP) is 3.56. The van der Waals surface area contributed by atoms with E-state index in [2.05, 4.69) is 31.7 Å². The molecule has 0 saturated carbocycles. The number of halogens is 1. The molecule has 1 heterocycles. The molecular formula is C16H21FN2. The lowest BCUT2D eigenvalue weighted by Crippen LogP contribution is -2.45. The molecule has 1 saturated heterocycles. The topological polar surface area (TPSA) is 27.0 Å². The average molecular weight is 260 g/mol. The van der Waals surface area contributed by atoms with Crippen molar-refractivity contribution < 1.29 is 4.39 Å². The highest BCUT2D eigenvalue weighted by atomic mass is 19.1. The minimum Gasteiger partial charge on any atom is -0.296 e. The Morgan fingerprint density at radius 2 is 2.11 bits per heavy atom. The number of hydrogen-bond donors (Lipinski definition) is 0. The number of piperidine rings is 1. The molecule has 0 bridgehead atoms. The van der Waals surface area contributed by atoms with Gasteiger partial charge in [0, 0.05) is 24.7 Å². The van der Waals surface area contributed by atoms with Gasteiger partial charge in [-0.15, -0.1) is 0 Å². The van der Waals surface area contributed by atoms with E-state index in [1.807, 2.05) is 0 Å². The van der Waals surface area contributed by atoms with E-state index < -0.39 is 0 Å². The summed E-state index contributed by atoms with van der Waals surface area (Å²) in [6, 6.07) is 7.14. The van der Waals surface area contributed by atoms with Crippen molar-refractivity contribution in [2.24, 2.45) is 11.8 Å². The van der Waals surface area contributed by atoms with Crippen LogP contribution in [0.2, 0.25) is 0 Å². The van der Waals surface area contributed by atoms with Crippen molar-refractivity contribution in [3.8, 4) is 6.07 Å². The Morgan fingerprint density at radius 3 is 2.79 bits per heavy atom. The smallest absolute Gasteiger partial charge is 0.127 e. The summed E-state index contributed by atoms with van der Waals surface area (Å²) in [6.07, 6.45) is 1.23. The molecule has 1 aromatic rings. The first-order valence-electron chi connectivity index (χ1n) is 6.93. The van der Waals surface area contributed by atoms with Gasteiger partial charge in [-0.3, -0.25) is 4.90 Å². The van der Waals surface area contributed by atoms with E-state index in [1.165, 1.54) is 18.6 Å². The van der Waals surface area contributed by atoms with Gasteiger partial charge in [0.25, 0.3) is 0 Å². The Hall–Kier alpha value is -1.40. The maximum atomic E-state index is 13.8. The van der Waals surface area contributed by atoms with Gasteiger partial charge < -0.3 is 0 Å².